The molecule has 2 amide bonds. The molecule has 7 heteroatoms. The quantitative estimate of drug-likeness (QED) is 0.581. The topological polar surface area (TPSA) is 74.0 Å². The minimum absolute atomic E-state index is 0.331. The van der Waals surface area contributed by atoms with E-state index in [9.17, 15) is 9.59 Å². The zero-order valence-corrected chi connectivity index (χ0v) is 10.5. The highest BCUT2D eigenvalue weighted by atomic mass is 35.5. The average Bonchev–Trinajstić information content (AvgIpc) is 2.79. The van der Waals surface area contributed by atoms with Crippen LogP contribution in [0.25, 0.3) is 10.9 Å². The van der Waals surface area contributed by atoms with Crippen molar-refractivity contribution in [3.05, 3.63) is 36.0 Å². The van der Waals surface area contributed by atoms with E-state index in [-0.39, 0.29) is 0 Å². The highest BCUT2D eigenvalue weighted by Crippen LogP contribution is 2.14. The third-order valence-electron chi connectivity index (χ3n) is 2.27. The molecule has 0 aliphatic rings. The van der Waals surface area contributed by atoms with Crippen molar-refractivity contribution in [2.45, 2.75) is 4.84 Å². The number of rotatable bonds is 2. The Balaban J connectivity index is 2.07. The lowest BCUT2D eigenvalue weighted by molar-refractivity contribution is -0.120. The highest BCUT2D eigenvalue weighted by Gasteiger charge is 2.14. The van der Waals surface area contributed by atoms with E-state index < -0.39 is 16.7 Å². The number of hydrazine groups is 1. The molecule has 2 rings (SSSR count). The minimum Gasteiger partial charge on any atom is -0.350 e. The molecule has 0 fully saturated rings. The number of alkyl halides is 2. The van der Waals surface area contributed by atoms with Crippen LogP contribution in [0.5, 0.6) is 0 Å². The summed E-state index contributed by atoms with van der Waals surface area (Å²) in [5.41, 5.74) is 5.47. The zero-order valence-electron chi connectivity index (χ0n) is 9.04. The van der Waals surface area contributed by atoms with Gasteiger partial charge in [-0.3, -0.25) is 20.4 Å². The molecule has 0 aliphatic heterocycles. The first-order valence-electron chi connectivity index (χ1n) is 5.04. The Morgan fingerprint density at radius 3 is 2.56 bits per heavy atom. The second-order valence-corrected chi connectivity index (χ2v) is 4.61. The molecular weight excluding hydrogens is 277 g/mol. The summed E-state index contributed by atoms with van der Waals surface area (Å²) in [6, 6.07) is 9.11. The maximum absolute atomic E-state index is 11.7. The van der Waals surface area contributed by atoms with Gasteiger partial charge in [-0.15, -0.1) is 0 Å². The third kappa shape index (κ3) is 2.75. The van der Waals surface area contributed by atoms with Crippen molar-refractivity contribution in [3.63, 3.8) is 0 Å². The number of nitrogens with one attached hydrogen (secondary N) is 3. The molecule has 0 radical (unpaired) electrons. The van der Waals surface area contributed by atoms with Crippen LogP contribution >= 0.6 is 23.2 Å². The average molecular weight is 286 g/mol. The largest absolute Gasteiger partial charge is 0.350 e. The number of carbonyl (C=O) groups is 2. The Kier molecular flexibility index (Phi) is 3.74. The smallest absolute Gasteiger partial charge is 0.286 e. The summed E-state index contributed by atoms with van der Waals surface area (Å²) in [6.45, 7) is 0. The molecule has 0 saturated carbocycles. The van der Waals surface area contributed by atoms with Gasteiger partial charge < -0.3 is 4.98 Å². The number of para-hydroxylation sites is 1. The van der Waals surface area contributed by atoms with Crippen molar-refractivity contribution < 1.29 is 9.59 Å². The summed E-state index contributed by atoms with van der Waals surface area (Å²) in [5.74, 6) is -1.17. The molecule has 18 heavy (non-hydrogen) atoms. The number of amides is 2. The summed E-state index contributed by atoms with van der Waals surface area (Å²) in [5, 5.41) is 0.904. The number of carbonyl (C=O) groups excluding carboxylic acids is 2. The molecule has 1 aromatic carbocycles. The lowest BCUT2D eigenvalue weighted by Crippen LogP contribution is -2.44. The van der Waals surface area contributed by atoms with E-state index >= 15 is 0 Å². The fourth-order valence-electron chi connectivity index (χ4n) is 1.44. The molecular formula is C11H9Cl2N3O2. The first-order valence-corrected chi connectivity index (χ1v) is 5.91. The fraction of sp³-hybridized carbons (Fsp3) is 0.0909. The normalized spacial score (nSPS) is 10.6. The Labute approximate surface area is 112 Å². The highest BCUT2D eigenvalue weighted by molar-refractivity contribution is 6.53. The van der Waals surface area contributed by atoms with Gasteiger partial charge in [0, 0.05) is 10.9 Å². The Morgan fingerprint density at radius 2 is 1.89 bits per heavy atom. The van der Waals surface area contributed by atoms with Crippen molar-refractivity contribution in [1.82, 2.24) is 15.8 Å². The van der Waals surface area contributed by atoms with Crippen LogP contribution in [0.2, 0.25) is 0 Å². The molecule has 3 N–H and O–H groups in total. The van der Waals surface area contributed by atoms with E-state index in [1.54, 1.807) is 6.07 Å². The predicted octanol–water partition coefficient (Wildman–Crippen LogP) is 1.73. The van der Waals surface area contributed by atoms with Gasteiger partial charge >= 0.3 is 0 Å². The monoisotopic (exact) mass is 285 g/mol. The first kappa shape index (κ1) is 12.7. The maximum Gasteiger partial charge on any atom is 0.286 e. The molecule has 0 aliphatic carbocycles. The molecule has 1 aromatic heterocycles. The van der Waals surface area contributed by atoms with Gasteiger partial charge in [-0.1, -0.05) is 41.4 Å². The Hall–Kier alpha value is -1.72. The van der Waals surface area contributed by atoms with E-state index in [2.05, 4.69) is 15.8 Å². The standard InChI is InChI=1S/C11H9Cl2N3O2/c12-9(13)11(18)16-15-10(17)8-5-6-3-1-2-4-7(6)14-8/h1-5,9,14H,(H,15,17)(H,16,18). The lowest BCUT2D eigenvalue weighted by Gasteiger charge is -2.05. The molecule has 0 saturated heterocycles. The van der Waals surface area contributed by atoms with E-state index in [0.717, 1.165) is 10.9 Å². The van der Waals surface area contributed by atoms with Crippen molar-refractivity contribution in [3.8, 4) is 0 Å². The van der Waals surface area contributed by atoms with Crippen molar-refractivity contribution >= 4 is 45.9 Å². The van der Waals surface area contributed by atoms with Crippen LogP contribution in [0.1, 0.15) is 10.5 Å². The van der Waals surface area contributed by atoms with Crippen LogP contribution < -0.4 is 10.9 Å². The van der Waals surface area contributed by atoms with Crippen LogP contribution in [0.3, 0.4) is 0 Å². The summed E-state index contributed by atoms with van der Waals surface area (Å²) < 4.78 is 0. The fourth-order valence-corrected chi connectivity index (χ4v) is 1.55. The van der Waals surface area contributed by atoms with Crippen LogP contribution in [0, 0.1) is 0 Å². The number of halogens is 2. The molecule has 94 valence electrons. The minimum atomic E-state index is -1.23. The number of hydrogen-bond donors (Lipinski definition) is 3. The summed E-state index contributed by atoms with van der Waals surface area (Å²) in [4.78, 5) is 24.4. The molecule has 1 heterocycles. The van der Waals surface area contributed by atoms with E-state index in [1.807, 2.05) is 24.3 Å². The maximum atomic E-state index is 11.7. The molecule has 0 bridgehead atoms. The van der Waals surface area contributed by atoms with Crippen LogP contribution in [-0.4, -0.2) is 21.6 Å². The zero-order chi connectivity index (χ0) is 13.1. The van der Waals surface area contributed by atoms with Gasteiger partial charge in [-0.2, -0.15) is 0 Å². The number of fused-ring (bicyclic) bond motifs is 1. The summed E-state index contributed by atoms with van der Waals surface area (Å²) in [7, 11) is 0. The predicted molar refractivity (Wildman–Crippen MR) is 69.4 cm³/mol. The third-order valence-corrected chi connectivity index (χ3v) is 2.67. The van der Waals surface area contributed by atoms with Gasteiger partial charge in [0.25, 0.3) is 11.8 Å². The van der Waals surface area contributed by atoms with Crippen LogP contribution in [-0.2, 0) is 4.79 Å². The van der Waals surface area contributed by atoms with Gasteiger partial charge in [-0.25, -0.2) is 0 Å². The number of aromatic nitrogens is 1. The number of benzene rings is 1. The van der Waals surface area contributed by atoms with Gasteiger partial charge in [0.1, 0.15) is 5.69 Å². The second kappa shape index (κ2) is 5.29. The van der Waals surface area contributed by atoms with Gasteiger partial charge in [0.05, 0.1) is 0 Å². The lowest BCUT2D eigenvalue weighted by atomic mass is 10.2. The molecule has 5 nitrogen and oxygen atoms in total. The van der Waals surface area contributed by atoms with Crippen LogP contribution in [0.15, 0.2) is 30.3 Å². The van der Waals surface area contributed by atoms with E-state index in [4.69, 9.17) is 23.2 Å². The summed E-state index contributed by atoms with van der Waals surface area (Å²) in [6.07, 6.45) is 0. The Bertz CT molecular complexity index is 562. The van der Waals surface area contributed by atoms with Gasteiger partial charge in [0.15, 0.2) is 4.84 Å². The molecule has 0 unspecified atom stereocenters. The van der Waals surface area contributed by atoms with E-state index in [0.29, 0.717) is 5.69 Å². The number of aromatic amines is 1. The summed E-state index contributed by atoms with van der Waals surface area (Å²) >= 11 is 10.6. The van der Waals surface area contributed by atoms with E-state index in [1.165, 1.54) is 0 Å². The number of hydrogen-bond acceptors (Lipinski definition) is 2. The van der Waals surface area contributed by atoms with Crippen molar-refractivity contribution in [1.29, 1.82) is 0 Å². The Morgan fingerprint density at radius 1 is 1.17 bits per heavy atom. The molecule has 2 aromatic rings. The van der Waals surface area contributed by atoms with Crippen molar-refractivity contribution in [2.75, 3.05) is 0 Å². The van der Waals surface area contributed by atoms with Crippen molar-refractivity contribution in [2.24, 2.45) is 0 Å². The van der Waals surface area contributed by atoms with Crippen LogP contribution in [0.4, 0.5) is 0 Å². The van der Waals surface area contributed by atoms with Gasteiger partial charge in [-0.05, 0) is 12.1 Å². The SMILES string of the molecule is O=C(NNC(=O)C(Cl)Cl)c1cc2ccccc2[nH]1. The second-order valence-electron chi connectivity index (χ2n) is 3.51. The molecule has 0 spiro atoms. The first-order chi connectivity index (χ1) is 8.58. The van der Waals surface area contributed by atoms with Gasteiger partial charge in [0.2, 0.25) is 0 Å². The number of H-pyrrole nitrogens is 1. The molecule has 0 atom stereocenters.